The second-order valence-corrected chi connectivity index (χ2v) is 9.66. The minimum absolute atomic E-state index is 0.171. The van der Waals surface area contributed by atoms with Crippen molar-refractivity contribution in [2.45, 2.75) is 33.7 Å². The lowest BCUT2D eigenvalue weighted by molar-refractivity contribution is -0.139. The van der Waals surface area contributed by atoms with Crippen LogP contribution in [0, 0.1) is 0 Å². The minimum atomic E-state index is -0.802. The monoisotopic (exact) mass is 566 g/mol. The molecule has 0 N–H and O–H groups in total. The Kier molecular flexibility index (Phi) is 8.73. The number of hydrogen-bond acceptors (Lipinski definition) is 10. The lowest BCUT2D eigenvalue weighted by Gasteiger charge is -2.25. The molecule has 0 aliphatic carbocycles. The molecular weight excluding hydrogens is 536 g/mol. The molecule has 11 heteroatoms. The van der Waals surface area contributed by atoms with Crippen LogP contribution >= 0.6 is 11.3 Å². The van der Waals surface area contributed by atoms with Crippen LogP contribution in [0.1, 0.15) is 44.9 Å². The van der Waals surface area contributed by atoms with Gasteiger partial charge in [-0.1, -0.05) is 23.5 Å². The van der Waals surface area contributed by atoms with Crippen LogP contribution < -0.4 is 33.8 Å². The number of methoxy groups -OCH3 is 2. The topological polar surface area (TPSA) is 115 Å². The van der Waals surface area contributed by atoms with Gasteiger partial charge in [0.05, 0.1) is 49.3 Å². The Morgan fingerprint density at radius 2 is 1.73 bits per heavy atom. The van der Waals surface area contributed by atoms with E-state index < -0.39 is 18.0 Å². The predicted molar refractivity (Wildman–Crippen MR) is 149 cm³/mol. The summed E-state index contributed by atoms with van der Waals surface area (Å²) in [5, 5.41) is 0. The summed E-state index contributed by atoms with van der Waals surface area (Å²) in [4.78, 5) is 43.5. The Morgan fingerprint density at radius 3 is 2.38 bits per heavy atom. The van der Waals surface area contributed by atoms with Gasteiger partial charge in [-0.05, 0) is 62.2 Å². The van der Waals surface area contributed by atoms with Crippen LogP contribution in [-0.4, -0.2) is 43.9 Å². The molecule has 1 aliphatic heterocycles. The van der Waals surface area contributed by atoms with E-state index in [-0.39, 0.29) is 23.5 Å². The molecule has 2 aromatic carbocycles. The lowest BCUT2D eigenvalue weighted by Crippen LogP contribution is -2.40. The largest absolute Gasteiger partial charge is 0.493 e. The maximum atomic E-state index is 13.9. The average molecular weight is 567 g/mol. The van der Waals surface area contributed by atoms with Crippen LogP contribution in [0.2, 0.25) is 0 Å². The molecule has 4 rings (SSSR count). The fraction of sp³-hybridized carbons (Fsp3) is 0.310. The highest BCUT2D eigenvalue weighted by atomic mass is 32.1. The van der Waals surface area contributed by atoms with E-state index in [0.29, 0.717) is 50.0 Å². The van der Waals surface area contributed by atoms with Gasteiger partial charge in [0, 0.05) is 6.92 Å². The summed E-state index contributed by atoms with van der Waals surface area (Å²) in [7, 11) is 3.01. The average Bonchev–Trinajstić information content (AvgIpc) is 3.22. The molecule has 0 radical (unpaired) electrons. The molecule has 3 aromatic rings. The number of fused-ring (bicyclic) bond motifs is 1. The maximum absolute atomic E-state index is 13.9. The SMILES string of the molecule is CCOC(=O)C1=C(C)N=c2s/c(=C\c3ccc(OC(C)=O)c(OC)c3)c(=O)n2[C@H]1c1ccc(OC)c(OCC)c1. The number of carbonyl (C=O) groups excluding carboxylic acids is 2. The summed E-state index contributed by atoms with van der Waals surface area (Å²) in [6.45, 7) is 7.18. The molecule has 10 nitrogen and oxygen atoms in total. The Hall–Kier alpha value is -4.38. The first-order valence-electron chi connectivity index (χ1n) is 12.6. The fourth-order valence-electron chi connectivity index (χ4n) is 4.40. The van der Waals surface area contributed by atoms with Gasteiger partial charge in [-0.2, -0.15) is 0 Å². The van der Waals surface area contributed by atoms with Crippen LogP contribution in [0.3, 0.4) is 0 Å². The fourth-order valence-corrected chi connectivity index (χ4v) is 5.45. The normalized spacial score (nSPS) is 14.8. The van der Waals surface area contributed by atoms with Crippen molar-refractivity contribution in [2.75, 3.05) is 27.4 Å². The number of thiazole rings is 1. The standard InChI is InChI=1S/C29H30N2O8S/c1-7-37-23-15-19(10-12-20(23)35-5)26-25(28(34)38-8-2)16(3)30-29-31(26)27(33)24(40-29)14-18-9-11-21(39-17(4)32)22(13-18)36-6/h9-15,26H,7-8H2,1-6H3/b24-14-/t26-/m0/s1. The highest BCUT2D eigenvalue weighted by molar-refractivity contribution is 7.07. The number of allylic oxidation sites excluding steroid dienone is 1. The zero-order chi connectivity index (χ0) is 29.0. The zero-order valence-electron chi connectivity index (χ0n) is 23.1. The van der Waals surface area contributed by atoms with Gasteiger partial charge in [-0.15, -0.1) is 0 Å². The molecule has 0 amide bonds. The van der Waals surface area contributed by atoms with Gasteiger partial charge in [0.15, 0.2) is 27.8 Å². The van der Waals surface area contributed by atoms with Crippen molar-refractivity contribution in [1.29, 1.82) is 0 Å². The first-order chi connectivity index (χ1) is 19.2. The van der Waals surface area contributed by atoms with E-state index in [1.54, 1.807) is 63.4 Å². The maximum Gasteiger partial charge on any atom is 0.338 e. The van der Waals surface area contributed by atoms with Gasteiger partial charge >= 0.3 is 11.9 Å². The summed E-state index contributed by atoms with van der Waals surface area (Å²) in [5.41, 5.74) is 1.68. The van der Waals surface area contributed by atoms with E-state index in [0.717, 1.165) is 0 Å². The Balaban J connectivity index is 1.92. The molecule has 1 aromatic heterocycles. The van der Waals surface area contributed by atoms with Crippen LogP contribution in [0.25, 0.3) is 6.08 Å². The van der Waals surface area contributed by atoms with E-state index in [2.05, 4.69) is 4.99 Å². The Labute approximate surface area is 234 Å². The smallest absolute Gasteiger partial charge is 0.338 e. The van der Waals surface area contributed by atoms with Crippen molar-refractivity contribution < 1.29 is 33.3 Å². The Bertz CT molecular complexity index is 1670. The number of aromatic nitrogens is 1. The van der Waals surface area contributed by atoms with Gasteiger partial charge in [0.25, 0.3) is 5.56 Å². The third-order valence-electron chi connectivity index (χ3n) is 6.06. The van der Waals surface area contributed by atoms with E-state index >= 15 is 0 Å². The summed E-state index contributed by atoms with van der Waals surface area (Å²) < 4.78 is 29.0. The molecule has 0 spiro atoms. The van der Waals surface area contributed by atoms with Crippen LogP contribution in [-0.2, 0) is 14.3 Å². The van der Waals surface area contributed by atoms with Crippen LogP contribution in [0.4, 0.5) is 0 Å². The van der Waals surface area contributed by atoms with Crippen molar-refractivity contribution in [1.82, 2.24) is 4.57 Å². The molecule has 210 valence electrons. The lowest BCUT2D eigenvalue weighted by atomic mass is 9.95. The van der Waals surface area contributed by atoms with Crippen LogP contribution in [0.5, 0.6) is 23.0 Å². The van der Waals surface area contributed by atoms with Gasteiger partial charge < -0.3 is 23.7 Å². The molecule has 0 bridgehead atoms. The van der Waals surface area contributed by atoms with Crippen molar-refractivity contribution >= 4 is 29.4 Å². The number of rotatable bonds is 9. The first-order valence-corrected chi connectivity index (χ1v) is 13.4. The van der Waals surface area contributed by atoms with Gasteiger partial charge in [-0.25, -0.2) is 9.79 Å². The number of benzene rings is 2. The molecule has 1 atom stereocenters. The number of hydrogen-bond donors (Lipinski definition) is 0. The molecule has 40 heavy (non-hydrogen) atoms. The van der Waals surface area contributed by atoms with Crippen molar-refractivity contribution in [3.8, 4) is 23.0 Å². The second-order valence-electron chi connectivity index (χ2n) is 8.65. The molecule has 0 unspecified atom stereocenters. The second kappa shape index (κ2) is 12.2. The van der Waals surface area contributed by atoms with Crippen molar-refractivity contribution in [3.63, 3.8) is 0 Å². The summed E-state index contributed by atoms with van der Waals surface area (Å²) in [6.07, 6.45) is 1.70. The predicted octanol–water partition coefficient (Wildman–Crippen LogP) is 3.14. The first kappa shape index (κ1) is 28.6. The van der Waals surface area contributed by atoms with Gasteiger partial charge in [0.2, 0.25) is 0 Å². The van der Waals surface area contributed by atoms with E-state index in [9.17, 15) is 14.4 Å². The molecule has 0 saturated carbocycles. The molecule has 0 fully saturated rings. The quantitative estimate of drug-likeness (QED) is 0.287. The van der Waals surface area contributed by atoms with Gasteiger partial charge in [0.1, 0.15) is 0 Å². The highest BCUT2D eigenvalue weighted by Crippen LogP contribution is 2.36. The minimum Gasteiger partial charge on any atom is -0.493 e. The molecule has 1 aliphatic rings. The highest BCUT2D eigenvalue weighted by Gasteiger charge is 2.34. The summed E-state index contributed by atoms with van der Waals surface area (Å²) >= 11 is 1.20. The number of ether oxygens (including phenoxy) is 5. The van der Waals surface area contributed by atoms with Crippen molar-refractivity contribution in [2.24, 2.45) is 4.99 Å². The van der Waals surface area contributed by atoms with E-state index in [1.165, 1.54) is 29.9 Å². The molecular formula is C29H30N2O8S. The summed E-state index contributed by atoms with van der Waals surface area (Å²) in [5.74, 6) is 0.607. The van der Waals surface area contributed by atoms with E-state index in [4.69, 9.17) is 23.7 Å². The zero-order valence-corrected chi connectivity index (χ0v) is 23.9. The number of nitrogens with zero attached hydrogens (tertiary/aromatic N) is 2. The summed E-state index contributed by atoms with van der Waals surface area (Å²) in [6, 6.07) is 9.47. The molecule has 0 saturated heterocycles. The number of carbonyl (C=O) groups is 2. The number of esters is 2. The Morgan fingerprint density at radius 1 is 1.00 bits per heavy atom. The van der Waals surface area contributed by atoms with E-state index in [1.807, 2.05) is 6.92 Å². The van der Waals surface area contributed by atoms with Crippen LogP contribution in [0.15, 0.2) is 57.5 Å². The van der Waals surface area contributed by atoms with Crippen molar-refractivity contribution in [3.05, 3.63) is 78.5 Å². The third kappa shape index (κ3) is 5.64. The van der Waals surface area contributed by atoms with Gasteiger partial charge in [-0.3, -0.25) is 14.2 Å². The molecule has 2 heterocycles. The third-order valence-corrected chi connectivity index (χ3v) is 7.04.